The summed E-state index contributed by atoms with van der Waals surface area (Å²) in [5.41, 5.74) is 1.02. The Bertz CT molecular complexity index is 886. The number of piperidine rings is 1. The lowest BCUT2D eigenvalue weighted by atomic mass is 9.98. The smallest absolute Gasteiger partial charge is 0.287 e. The molecule has 0 unspecified atom stereocenters. The van der Waals surface area contributed by atoms with Gasteiger partial charge in [-0.2, -0.15) is 0 Å². The van der Waals surface area contributed by atoms with Gasteiger partial charge in [-0.15, -0.1) is 11.3 Å². The van der Waals surface area contributed by atoms with Crippen LogP contribution in [-0.2, 0) is 4.79 Å². The van der Waals surface area contributed by atoms with E-state index < -0.39 is 0 Å². The van der Waals surface area contributed by atoms with Gasteiger partial charge in [-0.1, -0.05) is 12.1 Å². The number of nitrogens with one attached hydrogen (secondary N) is 1. The largest absolute Gasteiger partial charge is 0.459 e. The molecule has 3 heterocycles. The number of para-hydroxylation sites is 1. The summed E-state index contributed by atoms with van der Waals surface area (Å²) in [6.45, 7) is 1.35. The molecule has 0 aliphatic carbocycles. The summed E-state index contributed by atoms with van der Waals surface area (Å²) < 4.78 is 6.21. The van der Waals surface area contributed by atoms with Crippen molar-refractivity contribution in [2.45, 2.75) is 18.8 Å². The van der Waals surface area contributed by atoms with E-state index in [4.69, 9.17) is 9.40 Å². The normalized spacial score (nSPS) is 17.4. The van der Waals surface area contributed by atoms with Crippen molar-refractivity contribution in [3.63, 3.8) is 0 Å². The number of fused-ring (bicyclic) bond motifs is 1. The van der Waals surface area contributed by atoms with E-state index in [1.54, 1.807) is 23.5 Å². The van der Waals surface area contributed by atoms with Crippen LogP contribution in [0.5, 0.6) is 0 Å². The van der Waals surface area contributed by atoms with Crippen LogP contribution in [0.15, 0.2) is 47.1 Å². The molecule has 3 aromatic rings. The fourth-order valence-corrected chi connectivity index (χ4v) is 4.33. The molecule has 2 aromatic heterocycles. The number of furan rings is 1. The van der Waals surface area contributed by atoms with Gasteiger partial charge in [0.15, 0.2) is 5.76 Å². The number of amides is 2. The number of hydrogen-bond donors (Lipinski definition) is 1. The van der Waals surface area contributed by atoms with Crippen LogP contribution in [0, 0.1) is 0 Å². The second kappa shape index (κ2) is 7.29. The van der Waals surface area contributed by atoms with E-state index in [1.165, 1.54) is 11.0 Å². The molecule has 1 aliphatic heterocycles. The van der Waals surface area contributed by atoms with Gasteiger partial charge in [-0.3, -0.25) is 9.59 Å². The molecular weight excluding hydrogens is 350 g/mol. The third-order valence-corrected chi connectivity index (χ3v) is 5.78. The molecule has 0 radical (unpaired) electrons. The molecule has 0 saturated carbocycles. The Balaban J connectivity index is 1.38. The Morgan fingerprint density at radius 2 is 2.15 bits per heavy atom. The molecule has 1 saturated heterocycles. The standard InChI is InChI=1S/C19H19N3O3S/c23-17(11-20-18(24)15-7-4-10-25-15)22-9-3-5-13(12-22)19-21-14-6-1-2-8-16(14)26-19/h1-2,4,6-8,10,13H,3,5,9,11-12H2,(H,20,24)/t13-/m1/s1. The van der Waals surface area contributed by atoms with Crippen molar-refractivity contribution < 1.29 is 14.0 Å². The molecular formula is C19H19N3O3S. The lowest BCUT2D eigenvalue weighted by molar-refractivity contribution is -0.131. The minimum absolute atomic E-state index is 0.0217. The molecule has 2 amide bonds. The number of hydrogen-bond acceptors (Lipinski definition) is 5. The molecule has 6 nitrogen and oxygen atoms in total. The Hall–Kier alpha value is -2.67. The van der Waals surface area contributed by atoms with Gasteiger partial charge < -0.3 is 14.6 Å². The number of thiazole rings is 1. The molecule has 1 fully saturated rings. The summed E-state index contributed by atoms with van der Waals surface area (Å²) in [5, 5.41) is 3.71. The monoisotopic (exact) mass is 369 g/mol. The first kappa shape index (κ1) is 16.8. The molecule has 1 N–H and O–H groups in total. The third kappa shape index (κ3) is 3.48. The van der Waals surface area contributed by atoms with Crippen LogP contribution >= 0.6 is 11.3 Å². The zero-order valence-corrected chi connectivity index (χ0v) is 15.0. The van der Waals surface area contributed by atoms with Crippen molar-refractivity contribution in [3.8, 4) is 0 Å². The van der Waals surface area contributed by atoms with E-state index in [0.29, 0.717) is 6.54 Å². The van der Waals surface area contributed by atoms with Gasteiger partial charge in [-0.25, -0.2) is 4.98 Å². The van der Waals surface area contributed by atoms with Gasteiger partial charge in [0.25, 0.3) is 5.91 Å². The minimum Gasteiger partial charge on any atom is -0.459 e. The molecule has 7 heteroatoms. The maximum atomic E-state index is 12.5. The number of benzene rings is 1. The molecule has 1 aliphatic rings. The second-order valence-electron chi connectivity index (χ2n) is 6.36. The summed E-state index contributed by atoms with van der Waals surface area (Å²) in [6, 6.07) is 11.3. The lowest BCUT2D eigenvalue weighted by Crippen LogP contribution is -2.44. The van der Waals surface area contributed by atoms with Crippen LogP contribution in [-0.4, -0.2) is 41.3 Å². The molecule has 0 spiro atoms. The van der Waals surface area contributed by atoms with Crippen LogP contribution in [0.25, 0.3) is 10.2 Å². The number of nitrogens with zero attached hydrogens (tertiary/aromatic N) is 2. The fraction of sp³-hybridized carbons (Fsp3) is 0.316. The SMILES string of the molecule is O=C(NCC(=O)N1CCC[C@@H](c2nc3ccccc3s2)C1)c1ccco1. The van der Waals surface area contributed by atoms with E-state index in [9.17, 15) is 9.59 Å². The zero-order chi connectivity index (χ0) is 17.9. The van der Waals surface area contributed by atoms with Crippen molar-refractivity contribution in [1.82, 2.24) is 15.2 Å². The quantitative estimate of drug-likeness (QED) is 0.767. The van der Waals surface area contributed by atoms with Gasteiger partial charge >= 0.3 is 0 Å². The van der Waals surface area contributed by atoms with Crippen molar-refractivity contribution in [3.05, 3.63) is 53.4 Å². The summed E-state index contributed by atoms with van der Waals surface area (Å²) in [6.07, 6.45) is 3.41. The van der Waals surface area contributed by atoms with E-state index >= 15 is 0 Å². The van der Waals surface area contributed by atoms with Gasteiger partial charge in [0, 0.05) is 19.0 Å². The van der Waals surface area contributed by atoms with Gasteiger partial charge in [0.05, 0.1) is 28.0 Å². The van der Waals surface area contributed by atoms with Crippen molar-refractivity contribution >= 4 is 33.4 Å². The van der Waals surface area contributed by atoms with Crippen LogP contribution in [0.3, 0.4) is 0 Å². The average Bonchev–Trinajstić information content (AvgIpc) is 3.35. The highest BCUT2D eigenvalue weighted by Gasteiger charge is 2.27. The van der Waals surface area contributed by atoms with Crippen LogP contribution in [0.2, 0.25) is 0 Å². The topological polar surface area (TPSA) is 75.4 Å². The Morgan fingerprint density at radius 1 is 1.27 bits per heavy atom. The Morgan fingerprint density at radius 3 is 2.96 bits per heavy atom. The fourth-order valence-electron chi connectivity index (χ4n) is 3.23. The first-order valence-corrected chi connectivity index (χ1v) is 9.47. The number of likely N-dealkylation sites (tertiary alicyclic amines) is 1. The second-order valence-corrected chi connectivity index (χ2v) is 7.42. The van der Waals surface area contributed by atoms with Crippen molar-refractivity contribution in [2.24, 2.45) is 0 Å². The molecule has 134 valence electrons. The molecule has 0 bridgehead atoms. The maximum absolute atomic E-state index is 12.5. The van der Waals surface area contributed by atoms with Gasteiger partial charge in [0.2, 0.25) is 5.91 Å². The summed E-state index contributed by atoms with van der Waals surface area (Å²) >= 11 is 1.70. The van der Waals surface area contributed by atoms with Crippen LogP contribution in [0.1, 0.15) is 34.3 Å². The van der Waals surface area contributed by atoms with E-state index in [1.807, 2.05) is 23.1 Å². The van der Waals surface area contributed by atoms with Crippen molar-refractivity contribution in [2.75, 3.05) is 19.6 Å². The summed E-state index contributed by atoms with van der Waals surface area (Å²) in [7, 11) is 0. The highest BCUT2D eigenvalue weighted by atomic mass is 32.1. The Kier molecular flexibility index (Phi) is 4.71. The first-order valence-electron chi connectivity index (χ1n) is 8.65. The van der Waals surface area contributed by atoms with Crippen LogP contribution in [0.4, 0.5) is 0 Å². The number of rotatable bonds is 4. The molecule has 1 atom stereocenters. The van der Waals surface area contributed by atoms with Gasteiger partial charge in [0.1, 0.15) is 0 Å². The zero-order valence-electron chi connectivity index (χ0n) is 14.2. The predicted octanol–water partition coefficient (Wildman–Crippen LogP) is 3.03. The number of carbonyl (C=O) groups excluding carboxylic acids is 2. The van der Waals surface area contributed by atoms with E-state index in [0.717, 1.165) is 29.9 Å². The third-order valence-electron chi connectivity index (χ3n) is 4.58. The van der Waals surface area contributed by atoms with E-state index in [-0.39, 0.29) is 30.0 Å². The van der Waals surface area contributed by atoms with Crippen LogP contribution < -0.4 is 5.32 Å². The minimum atomic E-state index is -0.372. The summed E-state index contributed by atoms with van der Waals surface area (Å²) in [4.78, 5) is 30.9. The molecule has 1 aromatic carbocycles. The Labute approximate surface area is 154 Å². The number of aromatic nitrogens is 1. The highest BCUT2D eigenvalue weighted by molar-refractivity contribution is 7.18. The van der Waals surface area contributed by atoms with E-state index in [2.05, 4.69) is 11.4 Å². The molecule has 26 heavy (non-hydrogen) atoms. The van der Waals surface area contributed by atoms with Crippen molar-refractivity contribution in [1.29, 1.82) is 0 Å². The maximum Gasteiger partial charge on any atom is 0.287 e. The predicted molar refractivity (Wildman–Crippen MR) is 99.2 cm³/mol. The average molecular weight is 369 g/mol. The summed E-state index contributed by atoms with van der Waals surface area (Å²) in [5.74, 6) is 0.0217. The molecule has 4 rings (SSSR count). The number of carbonyl (C=O) groups is 2. The lowest BCUT2D eigenvalue weighted by Gasteiger charge is -2.31. The first-order chi connectivity index (χ1) is 12.7. The highest BCUT2D eigenvalue weighted by Crippen LogP contribution is 2.32. The van der Waals surface area contributed by atoms with Gasteiger partial charge in [-0.05, 0) is 37.1 Å².